The SMILES string of the molecule is c1nc(NCC2CC2)cc(-c2ccsc2)n1. The maximum Gasteiger partial charge on any atom is 0.129 e. The minimum absolute atomic E-state index is 0.861. The molecule has 1 aliphatic rings. The van der Waals surface area contributed by atoms with Crippen molar-refractivity contribution in [1.29, 1.82) is 0 Å². The number of rotatable bonds is 4. The number of hydrogen-bond donors (Lipinski definition) is 1. The van der Waals surface area contributed by atoms with E-state index >= 15 is 0 Å². The summed E-state index contributed by atoms with van der Waals surface area (Å²) in [5, 5.41) is 7.53. The summed E-state index contributed by atoms with van der Waals surface area (Å²) in [5.41, 5.74) is 2.16. The van der Waals surface area contributed by atoms with Gasteiger partial charge >= 0.3 is 0 Å². The molecule has 82 valence electrons. The summed E-state index contributed by atoms with van der Waals surface area (Å²) >= 11 is 1.69. The largest absolute Gasteiger partial charge is 0.370 e. The van der Waals surface area contributed by atoms with Crippen molar-refractivity contribution in [3.8, 4) is 11.3 Å². The summed E-state index contributed by atoms with van der Waals surface area (Å²) in [5.74, 6) is 1.79. The summed E-state index contributed by atoms with van der Waals surface area (Å²) in [7, 11) is 0. The van der Waals surface area contributed by atoms with Crippen LogP contribution in [0.2, 0.25) is 0 Å². The Bertz CT molecular complexity index is 463. The van der Waals surface area contributed by atoms with Gasteiger partial charge in [0.15, 0.2) is 0 Å². The van der Waals surface area contributed by atoms with Crippen LogP contribution in [0.15, 0.2) is 29.2 Å². The van der Waals surface area contributed by atoms with Gasteiger partial charge in [-0.1, -0.05) is 0 Å². The number of anilines is 1. The number of thiophene rings is 1. The number of hydrogen-bond acceptors (Lipinski definition) is 4. The molecular formula is C12H13N3S. The Morgan fingerprint density at radius 3 is 3.06 bits per heavy atom. The van der Waals surface area contributed by atoms with E-state index in [1.165, 1.54) is 18.4 Å². The van der Waals surface area contributed by atoms with Crippen molar-refractivity contribution in [2.75, 3.05) is 11.9 Å². The van der Waals surface area contributed by atoms with Gasteiger partial charge in [0.05, 0.1) is 5.69 Å². The third-order valence-corrected chi connectivity index (χ3v) is 3.44. The molecule has 3 rings (SSSR count). The first-order chi connectivity index (χ1) is 7.92. The molecule has 0 spiro atoms. The summed E-state index contributed by atoms with van der Waals surface area (Å²) in [6, 6.07) is 4.10. The molecular weight excluding hydrogens is 218 g/mol. The lowest BCUT2D eigenvalue weighted by Gasteiger charge is -2.04. The number of aromatic nitrogens is 2. The molecule has 0 aliphatic heterocycles. The van der Waals surface area contributed by atoms with Crippen LogP contribution in [0.4, 0.5) is 5.82 Å². The van der Waals surface area contributed by atoms with Crippen LogP contribution in [0, 0.1) is 5.92 Å². The maximum absolute atomic E-state index is 4.28. The van der Waals surface area contributed by atoms with Crippen molar-refractivity contribution >= 4 is 17.2 Å². The molecule has 3 nitrogen and oxygen atoms in total. The Hall–Kier alpha value is -1.42. The summed E-state index contributed by atoms with van der Waals surface area (Å²) in [6.07, 6.45) is 4.34. The van der Waals surface area contributed by atoms with Gasteiger partial charge in [0.1, 0.15) is 12.1 Å². The van der Waals surface area contributed by atoms with Gasteiger partial charge in [-0.3, -0.25) is 0 Å². The van der Waals surface area contributed by atoms with E-state index in [0.29, 0.717) is 0 Å². The zero-order valence-electron chi connectivity index (χ0n) is 8.89. The highest BCUT2D eigenvalue weighted by Gasteiger charge is 2.20. The highest BCUT2D eigenvalue weighted by molar-refractivity contribution is 7.08. The van der Waals surface area contributed by atoms with Crippen molar-refractivity contribution in [3.05, 3.63) is 29.2 Å². The zero-order valence-corrected chi connectivity index (χ0v) is 9.70. The molecule has 2 heterocycles. The third-order valence-electron chi connectivity index (χ3n) is 2.75. The zero-order chi connectivity index (χ0) is 10.8. The first-order valence-corrected chi connectivity index (χ1v) is 6.44. The fourth-order valence-electron chi connectivity index (χ4n) is 1.59. The molecule has 0 saturated heterocycles. The predicted octanol–water partition coefficient (Wildman–Crippen LogP) is 3.03. The van der Waals surface area contributed by atoms with Gasteiger partial charge in [-0.2, -0.15) is 11.3 Å². The highest BCUT2D eigenvalue weighted by atomic mass is 32.1. The average Bonchev–Trinajstić information content (AvgIpc) is 2.99. The van der Waals surface area contributed by atoms with Gasteiger partial charge in [0, 0.05) is 23.6 Å². The van der Waals surface area contributed by atoms with E-state index in [4.69, 9.17) is 0 Å². The fourth-order valence-corrected chi connectivity index (χ4v) is 2.24. The quantitative estimate of drug-likeness (QED) is 0.879. The Balaban J connectivity index is 1.76. The van der Waals surface area contributed by atoms with E-state index < -0.39 is 0 Å². The first-order valence-electron chi connectivity index (χ1n) is 5.50. The van der Waals surface area contributed by atoms with E-state index in [0.717, 1.165) is 24.0 Å². The molecule has 0 radical (unpaired) electrons. The van der Waals surface area contributed by atoms with Gasteiger partial charge < -0.3 is 5.32 Å². The smallest absolute Gasteiger partial charge is 0.129 e. The van der Waals surface area contributed by atoms with Crippen LogP contribution in [0.3, 0.4) is 0 Å². The van der Waals surface area contributed by atoms with Gasteiger partial charge in [-0.15, -0.1) is 0 Å². The highest BCUT2D eigenvalue weighted by Crippen LogP contribution is 2.29. The van der Waals surface area contributed by atoms with E-state index in [1.807, 2.05) is 6.07 Å². The Labute approximate surface area is 98.6 Å². The number of nitrogens with one attached hydrogen (secondary N) is 1. The molecule has 0 amide bonds. The second-order valence-electron chi connectivity index (χ2n) is 4.12. The second kappa shape index (κ2) is 4.22. The minimum Gasteiger partial charge on any atom is -0.370 e. The summed E-state index contributed by atoms with van der Waals surface area (Å²) in [6.45, 7) is 1.04. The van der Waals surface area contributed by atoms with Crippen LogP contribution in [-0.2, 0) is 0 Å². The third kappa shape index (κ3) is 2.22. The van der Waals surface area contributed by atoms with Gasteiger partial charge in [-0.25, -0.2) is 9.97 Å². The lowest BCUT2D eigenvalue weighted by atomic mass is 10.2. The van der Waals surface area contributed by atoms with Crippen molar-refractivity contribution in [2.24, 2.45) is 5.92 Å². The normalized spacial score (nSPS) is 15.0. The Morgan fingerprint density at radius 2 is 2.31 bits per heavy atom. The van der Waals surface area contributed by atoms with Crippen LogP contribution in [-0.4, -0.2) is 16.5 Å². The van der Waals surface area contributed by atoms with Crippen LogP contribution in [0.1, 0.15) is 12.8 Å². The molecule has 4 heteroatoms. The van der Waals surface area contributed by atoms with E-state index in [-0.39, 0.29) is 0 Å². The molecule has 1 aliphatic carbocycles. The lowest BCUT2D eigenvalue weighted by Crippen LogP contribution is -2.05. The lowest BCUT2D eigenvalue weighted by molar-refractivity contribution is 0.881. The van der Waals surface area contributed by atoms with E-state index in [2.05, 4.69) is 32.1 Å². The van der Waals surface area contributed by atoms with Crippen molar-refractivity contribution in [2.45, 2.75) is 12.8 Å². The molecule has 0 atom stereocenters. The monoisotopic (exact) mass is 231 g/mol. The molecule has 1 saturated carbocycles. The topological polar surface area (TPSA) is 37.8 Å². The van der Waals surface area contributed by atoms with Crippen LogP contribution < -0.4 is 5.32 Å². The molecule has 0 aromatic carbocycles. The Kier molecular flexibility index (Phi) is 2.58. The molecule has 2 aromatic heterocycles. The maximum atomic E-state index is 4.28. The number of nitrogens with zero attached hydrogens (tertiary/aromatic N) is 2. The Morgan fingerprint density at radius 1 is 1.38 bits per heavy atom. The summed E-state index contributed by atoms with van der Waals surface area (Å²) in [4.78, 5) is 8.51. The van der Waals surface area contributed by atoms with Crippen LogP contribution in [0.5, 0.6) is 0 Å². The predicted molar refractivity (Wildman–Crippen MR) is 66.6 cm³/mol. The fraction of sp³-hybridized carbons (Fsp3) is 0.333. The van der Waals surface area contributed by atoms with Crippen molar-refractivity contribution < 1.29 is 0 Å². The van der Waals surface area contributed by atoms with Crippen LogP contribution >= 0.6 is 11.3 Å². The molecule has 1 fully saturated rings. The molecule has 0 bridgehead atoms. The van der Waals surface area contributed by atoms with E-state index in [1.54, 1.807) is 17.7 Å². The minimum atomic E-state index is 0.861. The van der Waals surface area contributed by atoms with Gasteiger partial charge in [0.25, 0.3) is 0 Å². The summed E-state index contributed by atoms with van der Waals surface area (Å²) < 4.78 is 0. The van der Waals surface area contributed by atoms with E-state index in [9.17, 15) is 0 Å². The molecule has 2 aromatic rings. The van der Waals surface area contributed by atoms with Crippen molar-refractivity contribution in [1.82, 2.24) is 9.97 Å². The average molecular weight is 231 g/mol. The second-order valence-corrected chi connectivity index (χ2v) is 4.90. The van der Waals surface area contributed by atoms with Crippen LogP contribution in [0.25, 0.3) is 11.3 Å². The van der Waals surface area contributed by atoms with Gasteiger partial charge in [-0.05, 0) is 30.2 Å². The molecule has 1 N–H and O–H groups in total. The van der Waals surface area contributed by atoms with Crippen molar-refractivity contribution in [3.63, 3.8) is 0 Å². The standard InChI is InChI=1S/C12H13N3S/c1-2-9(1)6-13-12-5-11(14-8-15-12)10-3-4-16-7-10/h3-5,7-9H,1-2,6H2,(H,13,14,15). The molecule has 0 unspecified atom stereocenters. The molecule has 16 heavy (non-hydrogen) atoms. The van der Waals surface area contributed by atoms with Gasteiger partial charge in [0.2, 0.25) is 0 Å². The first kappa shape index (κ1) is 9.78.